The summed E-state index contributed by atoms with van der Waals surface area (Å²) in [5, 5.41) is 3.41. The van der Waals surface area contributed by atoms with Crippen LogP contribution in [-0.4, -0.2) is 29.6 Å². The number of rotatable bonds is 3. The van der Waals surface area contributed by atoms with E-state index in [1.165, 1.54) is 18.7 Å². The molecule has 4 rings (SSSR count). The molecule has 0 saturated carbocycles. The topological polar surface area (TPSA) is 38.6 Å². The van der Waals surface area contributed by atoms with Crippen molar-refractivity contribution >= 4 is 18.1 Å². The molecule has 1 aromatic carbocycles. The minimum Gasteiger partial charge on any atom is -0.494 e. The lowest BCUT2D eigenvalue weighted by atomic mass is 9.91. The first-order valence-electron chi connectivity index (χ1n) is 8.69. The van der Waals surface area contributed by atoms with E-state index >= 15 is 0 Å². The molecule has 0 aliphatic carbocycles. The molecule has 4 nitrogen and oxygen atoms in total. The van der Waals surface area contributed by atoms with Gasteiger partial charge in [0.15, 0.2) is 11.6 Å². The number of benzene rings is 1. The summed E-state index contributed by atoms with van der Waals surface area (Å²) in [5.74, 6) is 0.467. The van der Waals surface area contributed by atoms with E-state index < -0.39 is 0 Å². The van der Waals surface area contributed by atoms with Crippen molar-refractivity contribution in [2.75, 3.05) is 20.2 Å². The van der Waals surface area contributed by atoms with Gasteiger partial charge in [0.05, 0.1) is 12.8 Å². The number of pyridine rings is 1. The highest BCUT2D eigenvalue weighted by Crippen LogP contribution is 2.29. The van der Waals surface area contributed by atoms with E-state index in [0.717, 1.165) is 48.4 Å². The molecule has 1 N–H and O–H groups in total. The number of imidazole rings is 1. The van der Waals surface area contributed by atoms with E-state index in [2.05, 4.69) is 28.9 Å². The zero-order chi connectivity index (χ0) is 17.4. The van der Waals surface area contributed by atoms with Crippen LogP contribution in [0.15, 0.2) is 36.7 Å². The Bertz CT molecular complexity index is 919. The second-order valence-electron chi connectivity index (χ2n) is 6.69. The van der Waals surface area contributed by atoms with Gasteiger partial charge in [0.1, 0.15) is 5.65 Å². The predicted octanol–water partition coefficient (Wildman–Crippen LogP) is 4.35. The van der Waals surface area contributed by atoms with Crippen molar-refractivity contribution in [2.45, 2.75) is 25.7 Å². The summed E-state index contributed by atoms with van der Waals surface area (Å²) in [6.45, 7) is 4.23. The van der Waals surface area contributed by atoms with E-state index in [9.17, 15) is 4.39 Å². The van der Waals surface area contributed by atoms with Gasteiger partial charge in [-0.15, -0.1) is 12.4 Å². The molecule has 1 aliphatic heterocycles. The highest BCUT2D eigenvalue weighted by Gasteiger charge is 2.17. The molecule has 6 heteroatoms. The maximum atomic E-state index is 14.0. The molecule has 1 saturated heterocycles. The third kappa shape index (κ3) is 3.41. The van der Waals surface area contributed by atoms with Crippen molar-refractivity contribution in [2.24, 2.45) is 0 Å². The lowest BCUT2D eigenvalue weighted by Gasteiger charge is -2.23. The van der Waals surface area contributed by atoms with Crippen LogP contribution in [-0.2, 0) is 0 Å². The van der Waals surface area contributed by atoms with Crippen molar-refractivity contribution in [1.82, 2.24) is 14.7 Å². The second-order valence-corrected chi connectivity index (χ2v) is 6.69. The van der Waals surface area contributed by atoms with Gasteiger partial charge in [0.25, 0.3) is 0 Å². The number of aromatic nitrogens is 2. The third-order valence-electron chi connectivity index (χ3n) is 5.01. The molecule has 2 aromatic heterocycles. The van der Waals surface area contributed by atoms with Gasteiger partial charge < -0.3 is 14.5 Å². The van der Waals surface area contributed by atoms with E-state index in [-0.39, 0.29) is 24.0 Å². The summed E-state index contributed by atoms with van der Waals surface area (Å²) in [6, 6.07) is 7.20. The summed E-state index contributed by atoms with van der Waals surface area (Å²) in [7, 11) is 1.47. The lowest BCUT2D eigenvalue weighted by molar-refractivity contribution is 0.386. The highest BCUT2D eigenvalue weighted by atomic mass is 35.5. The van der Waals surface area contributed by atoms with Crippen LogP contribution in [0.3, 0.4) is 0 Å². The van der Waals surface area contributed by atoms with Crippen molar-refractivity contribution in [1.29, 1.82) is 0 Å². The van der Waals surface area contributed by atoms with Gasteiger partial charge in [-0.3, -0.25) is 0 Å². The maximum absolute atomic E-state index is 14.0. The standard InChI is InChI=1S/C20H22FN3O.ClH/c1-13-9-16(14-5-7-22-8-6-14)11-24-12-18(23-20(13)24)15-3-4-19(25-2)17(21)10-15;/h3-4,9-12,14,22H,5-8H2,1-2H3;1H. The molecule has 0 amide bonds. The third-order valence-corrected chi connectivity index (χ3v) is 5.01. The zero-order valence-corrected chi connectivity index (χ0v) is 15.8. The van der Waals surface area contributed by atoms with Gasteiger partial charge in [-0.2, -0.15) is 0 Å². The number of piperidine rings is 1. The maximum Gasteiger partial charge on any atom is 0.165 e. The number of hydrogen-bond donors (Lipinski definition) is 1. The summed E-state index contributed by atoms with van der Waals surface area (Å²) in [5.41, 5.74) is 4.95. The number of halogens is 2. The van der Waals surface area contributed by atoms with Gasteiger partial charge in [0, 0.05) is 18.0 Å². The first-order valence-corrected chi connectivity index (χ1v) is 8.69. The quantitative estimate of drug-likeness (QED) is 0.739. The molecular formula is C20H23ClFN3O. The Morgan fingerprint density at radius 2 is 1.96 bits per heavy atom. The highest BCUT2D eigenvalue weighted by molar-refractivity contribution is 5.85. The van der Waals surface area contributed by atoms with Crippen molar-refractivity contribution < 1.29 is 9.13 Å². The normalized spacial score (nSPS) is 15.0. The van der Waals surface area contributed by atoms with Crippen molar-refractivity contribution in [3.63, 3.8) is 0 Å². The number of hydrogen-bond acceptors (Lipinski definition) is 3. The molecule has 3 aromatic rings. The molecular weight excluding hydrogens is 353 g/mol. The largest absolute Gasteiger partial charge is 0.494 e. The minimum atomic E-state index is -0.371. The molecule has 1 aliphatic rings. The van der Waals surface area contributed by atoms with Gasteiger partial charge in [-0.05, 0) is 68.1 Å². The average Bonchev–Trinajstić information content (AvgIpc) is 3.07. The molecule has 26 heavy (non-hydrogen) atoms. The summed E-state index contributed by atoms with van der Waals surface area (Å²) in [4.78, 5) is 4.71. The Balaban J connectivity index is 0.00000196. The van der Waals surface area contributed by atoms with E-state index in [0.29, 0.717) is 5.92 Å². The predicted molar refractivity (Wildman–Crippen MR) is 104 cm³/mol. The fourth-order valence-corrected chi connectivity index (χ4v) is 3.64. The summed E-state index contributed by atoms with van der Waals surface area (Å²) < 4.78 is 21.1. The van der Waals surface area contributed by atoms with Crippen LogP contribution < -0.4 is 10.1 Å². The van der Waals surface area contributed by atoms with Crippen LogP contribution in [0.25, 0.3) is 16.9 Å². The van der Waals surface area contributed by atoms with Crippen LogP contribution >= 0.6 is 12.4 Å². The fraction of sp³-hybridized carbons (Fsp3) is 0.350. The molecule has 138 valence electrons. The Morgan fingerprint density at radius 1 is 1.19 bits per heavy atom. The second kappa shape index (κ2) is 7.64. The summed E-state index contributed by atoms with van der Waals surface area (Å²) in [6.07, 6.45) is 6.48. The zero-order valence-electron chi connectivity index (χ0n) is 15.0. The first-order chi connectivity index (χ1) is 12.2. The Labute approximate surface area is 158 Å². The molecule has 0 atom stereocenters. The lowest BCUT2D eigenvalue weighted by Crippen LogP contribution is -2.26. The monoisotopic (exact) mass is 375 g/mol. The molecule has 1 fully saturated rings. The number of nitrogens with one attached hydrogen (secondary N) is 1. The number of fused-ring (bicyclic) bond motifs is 1. The van der Waals surface area contributed by atoms with Crippen LogP contribution in [0.2, 0.25) is 0 Å². The van der Waals surface area contributed by atoms with Crippen molar-refractivity contribution in [3.8, 4) is 17.0 Å². The van der Waals surface area contributed by atoms with Crippen molar-refractivity contribution in [3.05, 3.63) is 53.6 Å². The number of ether oxygens (including phenoxy) is 1. The van der Waals surface area contributed by atoms with E-state index in [4.69, 9.17) is 9.72 Å². The number of methoxy groups -OCH3 is 1. The first kappa shape index (κ1) is 18.7. The molecule has 3 heterocycles. The minimum absolute atomic E-state index is 0. The molecule has 0 bridgehead atoms. The Hall–Kier alpha value is -2.11. The summed E-state index contributed by atoms with van der Waals surface area (Å²) >= 11 is 0. The van der Waals surface area contributed by atoms with Crippen LogP contribution in [0.1, 0.15) is 29.9 Å². The average molecular weight is 376 g/mol. The molecule has 0 spiro atoms. The van der Waals surface area contributed by atoms with Gasteiger partial charge >= 0.3 is 0 Å². The van der Waals surface area contributed by atoms with Gasteiger partial charge in [-0.1, -0.05) is 6.07 Å². The molecule has 0 unspecified atom stereocenters. The van der Waals surface area contributed by atoms with Crippen LogP contribution in [0.5, 0.6) is 5.75 Å². The number of nitrogens with zero attached hydrogens (tertiary/aromatic N) is 2. The SMILES string of the molecule is COc1ccc(-c2cn3cc(C4CCNCC4)cc(C)c3n2)cc1F.Cl. The fourth-order valence-electron chi connectivity index (χ4n) is 3.64. The smallest absolute Gasteiger partial charge is 0.165 e. The Morgan fingerprint density at radius 3 is 2.65 bits per heavy atom. The number of aryl methyl sites for hydroxylation is 1. The van der Waals surface area contributed by atoms with Crippen LogP contribution in [0, 0.1) is 12.7 Å². The molecule has 0 radical (unpaired) electrons. The Kier molecular flexibility index (Phi) is 5.49. The van der Waals surface area contributed by atoms with Gasteiger partial charge in [-0.25, -0.2) is 9.37 Å². The van der Waals surface area contributed by atoms with E-state index in [1.807, 2.05) is 12.3 Å². The van der Waals surface area contributed by atoms with Gasteiger partial charge in [0.2, 0.25) is 0 Å². The van der Waals surface area contributed by atoms with Crippen LogP contribution in [0.4, 0.5) is 4.39 Å². The van der Waals surface area contributed by atoms with E-state index in [1.54, 1.807) is 6.07 Å².